The van der Waals surface area contributed by atoms with E-state index >= 15 is 0 Å². The van der Waals surface area contributed by atoms with Crippen molar-refractivity contribution in [3.8, 4) is 6.07 Å². The van der Waals surface area contributed by atoms with Gasteiger partial charge in [-0.2, -0.15) is 5.26 Å². The molecule has 0 spiro atoms. The van der Waals surface area contributed by atoms with E-state index in [9.17, 15) is 5.26 Å². The second kappa shape index (κ2) is 8.07. The fourth-order valence-electron chi connectivity index (χ4n) is 2.73. The topological polar surface area (TPSA) is 51.5 Å². The molecule has 0 amide bonds. The number of hydrogen-bond donors (Lipinski definition) is 0. The van der Waals surface area contributed by atoms with Crippen LogP contribution in [-0.2, 0) is 27.4 Å². The minimum atomic E-state index is -1.16. The van der Waals surface area contributed by atoms with Crippen LogP contribution in [0.5, 0.6) is 0 Å². The van der Waals surface area contributed by atoms with Crippen molar-refractivity contribution in [2.45, 2.75) is 37.9 Å². The second-order valence-corrected chi connectivity index (χ2v) is 5.92. The van der Waals surface area contributed by atoms with Gasteiger partial charge in [-0.25, -0.2) is 0 Å². The minimum Gasteiger partial charge on any atom is -0.374 e. The van der Waals surface area contributed by atoms with Gasteiger partial charge < -0.3 is 14.2 Å². The highest BCUT2D eigenvalue weighted by Crippen LogP contribution is 2.32. The molecular weight excluding hydrogens is 302 g/mol. The lowest BCUT2D eigenvalue weighted by atomic mass is 10.1. The molecular formula is C20H21NO3. The molecule has 0 aromatic heterocycles. The summed E-state index contributed by atoms with van der Waals surface area (Å²) in [6.07, 6.45) is 1.22. The highest BCUT2D eigenvalue weighted by atomic mass is 16.7. The second-order valence-electron chi connectivity index (χ2n) is 5.92. The van der Waals surface area contributed by atoms with E-state index in [1.807, 2.05) is 60.7 Å². The summed E-state index contributed by atoms with van der Waals surface area (Å²) in [4.78, 5) is 0. The molecule has 0 bridgehead atoms. The summed E-state index contributed by atoms with van der Waals surface area (Å²) in [6, 6.07) is 22.0. The van der Waals surface area contributed by atoms with Crippen molar-refractivity contribution in [2.24, 2.45) is 0 Å². The molecule has 2 unspecified atom stereocenters. The van der Waals surface area contributed by atoms with Gasteiger partial charge in [-0.3, -0.25) is 0 Å². The molecule has 0 radical (unpaired) electrons. The van der Waals surface area contributed by atoms with Gasteiger partial charge in [-0.05, 0) is 17.5 Å². The Bertz CT molecular complexity index is 668. The number of nitriles is 1. The average Bonchev–Trinajstić information content (AvgIpc) is 3.06. The first-order valence-electron chi connectivity index (χ1n) is 8.18. The van der Waals surface area contributed by atoms with Crippen molar-refractivity contribution in [1.29, 1.82) is 5.26 Å². The van der Waals surface area contributed by atoms with E-state index in [1.54, 1.807) is 0 Å². The number of ether oxygens (including phenoxy) is 3. The predicted octanol–water partition coefficient (Wildman–Crippen LogP) is 3.82. The van der Waals surface area contributed by atoms with Crippen LogP contribution in [0.25, 0.3) is 0 Å². The third-order valence-corrected chi connectivity index (χ3v) is 4.05. The molecule has 1 aliphatic heterocycles. The molecule has 1 fully saturated rings. The zero-order valence-electron chi connectivity index (χ0n) is 13.6. The summed E-state index contributed by atoms with van der Waals surface area (Å²) < 4.78 is 17.3. The van der Waals surface area contributed by atoms with Crippen molar-refractivity contribution < 1.29 is 14.2 Å². The van der Waals surface area contributed by atoms with Crippen molar-refractivity contribution in [1.82, 2.24) is 0 Å². The lowest BCUT2D eigenvalue weighted by Crippen LogP contribution is -2.31. The highest BCUT2D eigenvalue weighted by Gasteiger charge is 2.42. The smallest absolute Gasteiger partial charge is 0.260 e. The monoisotopic (exact) mass is 323 g/mol. The Labute approximate surface area is 142 Å². The van der Waals surface area contributed by atoms with Gasteiger partial charge in [-0.15, -0.1) is 0 Å². The molecule has 2 atom stereocenters. The van der Waals surface area contributed by atoms with Crippen LogP contribution in [0.15, 0.2) is 60.7 Å². The third-order valence-electron chi connectivity index (χ3n) is 4.05. The number of benzene rings is 2. The molecule has 1 saturated heterocycles. The van der Waals surface area contributed by atoms with Crippen molar-refractivity contribution >= 4 is 0 Å². The average molecular weight is 323 g/mol. The first-order valence-corrected chi connectivity index (χ1v) is 8.18. The first-order chi connectivity index (χ1) is 11.8. The standard InChI is InChI=1S/C20H21NO3/c21-16-20(23-14-18-9-5-2-6-10-18)12-11-19(24-20)15-22-13-17-7-3-1-4-8-17/h1-10,19H,11-15H2. The molecule has 0 aliphatic carbocycles. The van der Waals surface area contributed by atoms with Gasteiger partial charge in [0.15, 0.2) is 0 Å². The molecule has 3 rings (SSSR count). The van der Waals surface area contributed by atoms with Crippen molar-refractivity contribution in [3.63, 3.8) is 0 Å². The van der Waals surface area contributed by atoms with Gasteiger partial charge in [0.05, 0.1) is 25.9 Å². The van der Waals surface area contributed by atoms with Gasteiger partial charge in [0.25, 0.3) is 5.79 Å². The zero-order valence-corrected chi connectivity index (χ0v) is 13.6. The van der Waals surface area contributed by atoms with Crippen LogP contribution >= 0.6 is 0 Å². The molecule has 124 valence electrons. The van der Waals surface area contributed by atoms with Crippen LogP contribution in [0, 0.1) is 11.3 Å². The summed E-state index contributed by atoms with van der Waals surface area (Å²) in [5.41, 5.74) is 2.15. The Hall–Kier alpha value is -2.19. The van der Waals surface area contributed by atoms with Gasteiger partial charge in [0.1, 0.15) is 6.07 Å². The maximum atomic E-state index is 9.47. The lowest BCUT2D eigenvalue weighted by molar-refractivity contribution is -0.202. The summed E-state index contributed by atoms with van der Waals surface area (Å²) in [6.45, 7) is 1.38. The van der Waals surface area contributed by atoms with Crippen LogP contribution < -0.4 is 0 Å². The fraction of sp³-hybridized carbons (Fsp3) is 0.350. The van der Waals surface area contributed by atoms with Gasteiger partial charge in [0, 0.05) is 6.42 Å². The van der Waals surface area contributed by atoms with E-state index in [0.29, 0.717) is 26.2 Å². The van der Waals surface area contributed by atoms with Crippen LogP contribution in [0.2, 0.25) is 0 Å². The quantitative estimate of drug-likeness (QED) is 0.777. The van der Waals surface area contributed by atoms with Crippen LogP contribution in [0.4, 0.5) is 0 Å². The predicted molar refractivity (Wildman–Crippen MR) is 89.8 cm³/mol. The summed E-state index contributed by atoms with van der Waals surface area (Å²) in [5, 5.41) is 9.47. The Morgan fingerprint density at radius 1 is 1.00 bits per heavy atom. The Morgan fingerprint density at radius 3 is 2.25 bits per heavy atom. The van der Waals surface area contributed by atoms with Crippen LogP contribution in [-0.4, -0.2) is 18.5 Å². The van der Waals surface area contributed by atoms with Crippen LogP contribution in [0.3, 0.4) is 0 Å². The SMILES string of the molecule is N#CC1(OCc2ccccc2)CCC(COCc2ccccc2)O1. The summed E-state index contributed by atoms with van der Waals surface area (Å²) in [5.74, 6) is -1.16. The Morgan fingerprint density at radius 2 is 1.62 bits per heavy atom. The van der Waals surface area contributed by atoms with E-state index < -0.39 is 5.79 Å². The molecule has 4 heteroatoms. The van der Waals surface area contributed by atoms with E-state index in [4.69, 9.17) is 14.2 Å². The molecule has 1 aliphatic rings. The van der Waals surface area contributed by atoms with Crippen LogP contribution in [0.1, 0.15) is 24.0 Å². The number of nitrogens with zero attached hydrogens (tertiary/aromatic N) is 1. The maximum Gasteiger partial charge on any atom is 0.260 e. The Kier molecular flexibility index (Phi) is 5.60. The largest absolute Gasteiger partial charge is 0.374 e. The summed E-state index contributed by atoms with van der Waals surface area (Å²) >= 11 is 0. The highest BCUT2D eigenvalue weighted by molar-refractivity contribution is 5.14. The molecule has 2 aromatic rings. The Balaban J connectivity index is 1.46. The third kappa shape index (κ3) is 4.42. The zero-order chi connectivity index (χ0) is 16.7. The minimum absolute atomic E-state index is 0.107. The fourth-order valence-corrected chi connectivity index (χ4v) is 2.73. The molecule has 1 heterocycles. The van der Waals surface area contributed by atoms with Crippen molar-refractivity contribution in [3.05, 3.63) is 71.8 Å². The van der Waals surface area contributed by atoms with E-state index in [-0.39, 0.29) is 6.10 Å². The normalized spacial score (nSPS) is 23.0. The molecule has 4 nitrogen and oxygen atoms in total. The van der Waals surface area contributed by atoms with Crippen molar-refractivity contribution in [2.75, 3.05) is 6.61 Å². The molecule has 0 saturated carbocycles. The maximum absolute atomic E-state index is 9.47. The van der Waals surface area contributed by atoms with E-state index in [2.05, 4.69) is 6.07 Å². The molecule has 0 N–H and O–H groups in total. The van der Waals surface area contributed by atoms with E-state index in [0.717, 1.165) is 17.5 Å². The first kappa shape index (κ1) is 16.7. The van der Waals surface area contributed by atoms with Gasteiger partial charge >= 0.3 is 0 Å². The number of rotatable bonds is 7. The number of hydrogen-bond acceptors (Lipinski definition) is 4. The van der Waals surface area contributed by atoms with E-state index in [1.165, 1.54) is 0 Å². The molecule has 2 aromatic carbocycles. The lowest BCUT2D eigenvalue weighted by Gasteiger charge is -2.22. The summed E-state index contributed by atoms with van der Waals surface area (Å²) in [7, 11) is 0. The van der Waals surface area contributed by atoms with Gasteiger partial charge in [0.2, 0.25) is 0 Å². The van der Waals surface area contributed by atoms with Gasteiger partial charge in [-0.1, -0.05) is 60.7 Å². The molecule has 24 heavy (non-hydrogen) atoms.